The van der Waals surface area contributed by atoms with E-state index in [9.17, 15) is 13.6 Å². The Hall–Kier alpha value is -3.50. The molecule has 9 nitrogen and oxygen atoms in total. The molecule has 3 aromatic rings. The number of hydrogen-bond donors (Lipinski definition) is 3. The summed E-state index contributed by atoms with van der Waals surface area (Å²) in [5.74, 6) is -1.10. The Balaban J connectivity index is 1.83. The first-order chi connectivity index (χ1) is 14.4. The number of nitrogens with zero attached hydrogens (tertiary/aromatic N) is 4. The van der Waals surface area contributed by atoms with Gasteiger partial charge in [0.05, 0.1) is 36.2 Å². The van der Waals surface area contributed by atoms with Crippen LogP contribution in [0.15, 0.2) is 18.5 Å². The second-order valence-electron chi connectivity index (χ2n) is 7.16. The monoisotopic (exact) mass is 417 g/mol. The molecule has 11 heteroatoms. The number of nitrogens with one attached hydrogen (secondary N) is 2. The lowest BCUT2D eigenvalue weighted by atomic mass is 9.94. The number of methoxy groups -OCH3 is 1. The van der Waals surface area contributed by atoms with E-state index >= 15 is 0 Å². The molecule has 1 fully saturated rings. The lowest BCUT2D eigenvalue weighted by Crippen LogP contribution is -2.48. The van der Waals surface area contributed by atoms with Gasteiger partial charge in [-0.2, -0.15) is 0 Å². The second kappa shape index (κ2) is 7.73. The molecule has 0 saturated carbocycles. The van der Waals surface area contributed by atoms with Crippen molar-refractivity contribution < 1.29 is 18.3 Å². The number of amides is 2. The minimum atomic E-state index is -1.01. The van der Waals surface area contributed by atoms with E-state index in [1.807, 2.05) is 11.8 Å². The number of aryl methyl sites for hydroxylation is 1. The predicted octanol–water partition coefficient (Wildman–Crippen LogP) is 2.33. The van der Waals surface area contributed by atoms with Crippen molar-refractivity contribution >= 4 is 22.9 Å². The number of piperidine rings is 1. The van der Waals surface area contributed by atoms with Crippen molar-refractivity contribution in [3.8, 4) is 5.88 Å². The Bertz CT molecular complexity index is 1100. The number of nitrogens with two attached hydrogens (primary N) is 1. The SMILES string of the molecule is COc1nc2cc(F)c(F)cc2nc1C1CC(NC(N)=O)CCN1c1nc[nH]c1C. The van der Waals surface area contributed by atoms with E-state index in [1.54, 1.807) is 6.33 Å². The van der Waals surface area contributed by atoms with Crippen molar-refractivity contribution in [1.82, 2.24) is 25.3 Å². The van der Waals surface area contributed by atoms with Gasteiger partial charge >= 0.3 is 6.03 Å². The lowest BCUT2D eigenvalue weighted by molar-refractivity contribution is 0.240. The Labute approximate surface area is 170 Å². The highest BCUT2D eigenvalue weighted by atomic mass is 19.2. The zero-order valence-corrected chi connectivity index (χ0v) is 16.4. The van der Waals surface area contributed by atoms with E-state index in [-0.39, 0.29) is 23.0 Å². The summed E-state index contributed by atoms with van der Waals surface area (Å²) in [6, 6.07) is 0.787. The van der Waals surface area contributed by atoms with Crippen LogP contribution in [0.2, 0.25) is 0 Å². The fraction of sp³-hybridized carbons (Fsp3) is 0.368. The van der Waals surface area contributed by atoms with Gasteiger partial charge in [0.25, 0.3) is 0 Å². The second-order valence-corrected chi connectivity index (χ2v) is 7.16. The molecule has 1 aromatic carbocycles. The van der Waals surface area contributed by atoms with Crippen LogP contribution in [0.1, 0.15) is 30.3 Å². The summed E-state index contributed by atoms with van der Waals surface area (Å²) in [5, 5.41) is 2.74. The largest absolute Gasteiger partial charge is 0.480 e. The van der Waals surface area contributed by atoms with E-state index in [2.05, 4.69) is 25.3 Å². The molecule has 2 atom stereocenters. The third-order valence-electron chi connectivity index (χ3n) is 5.23. The van der Waals surface area contributed by atoms with Crippen LogP contribution in [-0.2, 0) is 0 Å². The summed E-state index contributed by atoms with van der Waals surface area (Å²) in [6.07, 6.45) is 2.70. The lowest BCUT2D eigenvalue weighted by Gasteiger charge is -2.40. The number of carbonyl (C=O) groups is 1. The molecule has 0 bridgehead atoms. The van der Waals surface area contributed by atoms with Gasteiger partial charge in [-0.15, -0.1) is 0 Å². The van der Waals surface area contributed by atoms with Gasteiger partial charge in [-0.3, -0.25) is 0 Å². The summed E-state index contributed by atoms with van der Waals surface area (Å²) in [6.45, 7) is 2.45. The molecule has 4 N–H and O–H groups in total. The van der Waals surface area contributed by atoms with Crippen LogP contribution in [-0.4, -0.2) is 45.7 Å². The minimum Gasteiger partial charge on any atom is -0.480 e. The van der Waals surface area contributed by atoms with E-state index in [0.717, 1.165) is 23.6 Å². The van der Waals surface area contributed by atoms with Crippen molar-refractivity contribution in [1.29, 1.82) is 0 Å². The van der Waals surface area contributed by atoms with Crippen molar-refractivity contribution in [3.05, 3.63) is 41.5 Å². The molecule has 2 aromatic heterocycles. The van der Waals surface area contributed by atoms with E-state index in [0.29, 0.717) is 25.1 Å². The highest BCUT2D eigenvalue weighted by Crippen LogP contribution is 2.38. The van der Waals surface area contributed by atoms with Crippen LogP contribution >= 0.6 is 0 Å². The summed E-state index contributed by atoms with van der Waals surface area (Å²) in [7, 11) is 1.44. The zero-order valence-electron chi connectivity index (χ0n) is 16.4. The molecule has 1 aliphatic rings. The summed E-state index contributed by atoms with van der Waals surface area (Å²) < 4.78 is 32.9. The Morgan fingerprint density at radius 1 is 1.30 bits per heavy atom. The van der Waals surface area contributed by atoms with Gasteiger partial charge in [-0.05, 0) is 19.8 Å². The van der Waals surface area contributed by atoms with Gasteiger partial charge in [0.15, 0.2) is 11.6 Å². The van der Waals surface area contributed by atoms with E-state index < -0.39 is 23.7 Å². The molecule has 0 aliphatic carbocycles. The van der Waals surface area contributed by atoms with Crippen LogP contribution < -0.4 is 20.7 Å². The summed E-state index contributed by atoms with van der Waals surface area (Å²) in [5.41, 5.74) is 7.00. The highest BCUT2D eigenvalue weighted by Gasteiger charge is 2.35. The fourth-order valence-electron chi connectivity index (χ4n) is 3.87. The van der Waals surface area contributed by atoms with Gasteiger partial charge in [0.2, 0.25) is 5.88 Å². The Morgan fingerprint density at radius 2 is 2.00 bits per heavy atom. The minimum absolute atomic E-state index is 0.180. The molecule has 2 unspecified atom stereocenters. The topological polar surface area (TPSA) is 122 Å². The van der Waals surface area contributed by atoms with Gasteiger partial charge < -0.3 is 25.7 Å². The summed E-state index contributed by atoms with van der Waals surface area (Å²) in [4.78, 5) is 29.8. The predicted molar refractivity (Wildman–Crippen MR) is 105 cm³/mol. The van der Waals surface area contributed by atoms with Crippen molar-refractivity contribution in [3.63, 3.8) is 0 Å². The van der Waals surface area contributed by atoms with Crippen LogP contribution in [0.5, 0.6) is 5.88 Å². The van der Waals surface area contributed by atoms with Crippen LogP contribution in [0.3, 0.4) is 0 Å². The number of hydrogen-bond acceptors (Lipinski definition) is 6. The smallest absolute Gasteiger partial charge is 0.312 e. The number of H-pyrrole nitrogens is 1. The number of urea groups is 1. The molecule has 30 heavy (non-hydrogen) atoms. The number of halogens is 2. The van der Waals surface area contributed by atoms with Gasteiger partial charge in [-0.25, -0.2) is 28.5 Å². The van der Waals surface area contributed by atoms with Gasteiger partial charge in [0, 0.05) is 24.7 Å². The third kappa shape index (κ3) is 3.58. The first-order valence-electron chi connectivity index (χ1n) is 9.40. The first kappa shape index (κ1) is 19.8. The number of aromatic nitrogens is 4. The number of aromatic amines is 1. The average Bonchev–Trinajstić information content (AvgIpc) is 3.13. The van der Waals surface area contributed by atoms with Crippen molar-refractivity contribution in [2.75, 3.05) is 18.6 Å². The van der Waals surface area contributed by atoms with Crippen LogP contribution in [0, 0.1) is 18.6 Å². The summed E-state index contributed by atoms with van der Waals surface area (Å²) >= 11 is 0. The zero-order chi connectivity index (χ0) is 21.4. The number of anilines is 1. The number of rotatable bonds is 4. The molecular formula is C19H21F2N7O2. The third-order valence-corrected chi connectivity index (χ3v) is 5.23. The van der Waals surface area contributed by atoms with Gasteiger partial charge in [-0.1, -0.05) is 0 Å². The van der Waals surface area contributed by atoms with Crippen LogP contribution in [0.25, 0.3) is 11.0 Å². The van der Waals surface area contributed by atoms with Crippen molar-refractivity contribution in [2.24, 2.45) is 5.73 Å². The molecule has 1 saturated heterocycles. The number of primary amides is 1. The average molecular weight is 417 g/mol. The molecule has 4 rings (SSSR count). The number of ether oxygens (including phenoxy) is 1. The Kier molecular flexibility index (Phi) is 5.10. The standard InChI is InChI=1S/C19H21F2N7O2/c1-9-17(24-8-23-9)28-4-3-10(25-19(22)29)5-15(28)16-18(30-2)27-14-7-12(21)11(20)6-13(14)26-16/h6-8,10,15H,3-5H2,1-2H3,(H,23,24)(H3,22,25,29). The van der Waals surface area contributed by atoms with Gasteiger partial charge in [0.1, 0.15) is 11.5 Å². The number of carbonyl (C=O) groups excluding carboxylic acids is 1. The Morgan fingerprint density at radius 3 is 2.60 bits per heavy atom. The van der Waals surface area contributed by atoms with E-state index in [1.165, 1.54) is 7.11 Å². The molecule has 2 amide bonds. The number of benzene rings is 1. The molecule has 1 aliphatic heterocycles. The van der Waals surface area contributed by atoms with Crippen LogP contribution in [0.4, 0.5) is 19.4 Å². The fourth-order valence-corrected chi connectivity index (χ4v) is 3.87. The molecular weight excluding hydrogens is 396 g/mol. The quantitative estimate of drug-likeness (QED) is 0.599. The maximum atomic E-state index is 13.8. The molecule has 158 valence electrons. The molecule has 0 spiro atoms. The normalized spacial score (nSPS) is 19.1. The maximum absolute atomic E-state index is 13.8. The number of fused-ring (bicyclic) bond motifs is 1. The molecule has 0 radical (unpaired) electrons. The maximum Gasteiger partial charge on any atom is 0.312 e. The number of imidazole rings is 1. The first-order valence-corrected chi connectivity index (χ1v) is 9.40. The molecule has 3 heterocycles. The highest BCUT2D eigenvalue weighted by molar-refractivity contribution is 5.75. The van der Waals surface area contributed by atoms with E-state index in [4.69, 9.17) is 10.5 Å². The van der Waals surface area contributed by atoms with Crippen molar-refractivity contribution in [2.45, 2.75) is 31.8 Å².